The molecule has 0 spiro atoms. The minimum atomic E-state index is 0.0632. The third-order valence-corrected chi connectivity index (χ3v) is 14.8. The Morgan fingerprint density at radius 2 is 1.41 bits per heavy atom. The Morgan fingerprint density at radius 3 is 2.04 bits per heavy atom. The maximum Gasteiger partial charge on any atom is 0.306 e. The molecule has 2 nitrogen and oxygen atoms in total. The zero-order valence-electron chi connectivity index (χ0n) is 32.0. The van der Waals surface area contributed by atoms with Gasteiger partial charge in [0.05, 0.1) is 0 Å². The Bertz CT molecular complexity index is 934. The SMILES string of the molecule is CCCCCCCCCCCCCCCC(=O)O[C@H]1CC[C@@]2(C)C(=CC[C@@H]3[C@H]4CC[C@H]([C@H](C)CC[C@H](C)C(C)C)[C@@]4(C)CC[C@@H]32)C1. The van der Waals surface area contributed by atoms with E-state index in [1.807, 2.05) is 0 Å². The number of hydrogen-bond donors (Lipinski definition) is 0. The predicted molar refractivity (Wildman–Crippen MR) is 198 cm³/mol. The van der Waals surface area contributed by atoms with Crippen LogP contribution in [0.3, 0.4) is 0 Å². The summed E-state index contributed by atoms with van der Waals surface area (Å²) in [6, 6.07) is 0. The fraction of sp³-hybridized carbons (Fsp3) is 0.932. The van der Waals surface area contributed by atoms with Crippen LogP contribution in [0.25, 0.3) is 0 Å². The highest BCUT2D eigenvalue weighted by atomic mass is 16.5. The number of unbranched alkanes of at least 4 members (excludes halogenated alkanes) is 12. The lowest BCUT2D eigenvalue weighted by atomic mass is 9.47. The maximum atomic E-state index is 12.8. The number of fused-ring (bicyclic) bond motifs is 5. The minimum Gasteiger partial charge on any atom is -0.462 e. The van der Waals surface area contributed by atoms with Crippen molar-refractivity contribution < 1.29 is 9.53 Å². The smallest absolute Gasteiger partial charge is 0.306 e. The molecule has 9 atom stereocenters. The van der Waals surface area contributed by atoms with Gasteiger partial charge in [0.25, 0.3) is 0 Å². The molecule has 0 aliphatic heterocycles. The van der Waals surface area contributed by atoms with Crippen LogP contribution in [0.2, 0.25) is 0 Å². The molecule has 0 heterocycles. The van der Waals surface area contributed by atoms with Gasteiger partial charge < -0.3 is 4.74 Å². The number of esters is 1. The van der Waals surface area contributed by atoms with E-state index in [0.717, 1.165) is 60.7 Å². The lowest BCUT2D eigenvalue weighted by Crippen LogP contribution is -2.51. The van der Waals surface area contributed by atoms with E-state index in [1.54, 1.807) is 5.57 Å². The minimum absolute atomic E-state index is 0.0632. The standard InChI is InChI=1S/C44H78O2/c1-8-9-10-11-12-13-14-15-16-17-18-19-20-21-42(45)46-37-28-30-43(6)36(32-37)24-25-38-40-27-26-39(44(40,7)31-29-41(38)43)35(5)23-22-34(4)33(2)3/h24,33-35,37-41H,8-23,25-32H2,1-7H3/t34-,35+,37-,38+,39+,40+,41-,43-,44+/m0/s1. The summed E-state index contributed by atoms with van der Waals surface area (Å²) in [6.45, 7) is 17.5. The molecule has 4 aliphatic carbocycles. The van der Waals surface area contributed by atoms with Crippen molar-refractivity contribution in [1.29, 1.82) is 0 Å². The van der Waals surface area contributed by atoms with Crippen LogP contribution in [0, 0.1) is 52.3 Å². The van der Waals surface area contributed by atoms with Gasteiger partial charge in [0, 0.05) is 12.8 Å². The van der Waals surface area contributed by atoms with Crippen LogP contribution >= 0.6 is 0 Å². The van der Waals surface area contributed by atoms with Crippen molar-refractivity contribution in [2.24, 2.45) is 52.3 Å². The molecule has 0 aromatic rings. The van der Waals surface area contributed by atoms with Gasteiger partial charge in [-0.3, -0.25) is 4.79 Å². The fourth-order valence-electron chi connectivity index (χ4n) is 11.3. The quantitative estimate of drug-likeness (QED) is 0.0753. The highest BCUT2D eigenvalue weighted by Crippen LogP contribution is 2.67. The van der Waals surface area contributed by atoms with Crippen LogP contribution in [0.4, 0.5) is 0 Å². The zero-order valence-corrected chi connectivity index (χ0v) is 32.0. The highest BCUT2D eigenvalue weighted by molar-refractivity contribution is 5.69. The molecule has 4 rings (SSSR count). The number of carbonyl (C=O) groups excluding carboxylic acids is 1. The van der Waals surface area contributed by atoms with Gasteiger partial charge in [0.1, 0.15) is 6.10 Å². The van der Waals surface area contributed by atoms with Gasteiger partial charge in [0.15, 0.2) is 0 Å². The largest absolute Gasteiger partial charge is 0.462 e. The molecular formula is C44H78O2. The van der Waals surface area contributed by atoms with Gasteiger partial charge in [-0.25, -0.2) is 0 Å². The van der Waals surface area contributed by atoms with Crippen LogP contribution in [0.15, 0.2) is 11.6 Å². The van der Waals surface area contributed by atoms with E-state index >= 15 is 0 Å². The maximum absolute atomic E-state index is 12.8. The van der Waals surface area contributed by atoms with E-state index in [9.17, 15) is 4.79 Å². The summed E-state index contributed by atoms with van der Waals surface area (Å²) < 4.78 is 6.13. The first-order valence-electron chi connectivity index (χ1n) is 21.0. The van der Waals surface area contributed by atoms with Crippen molar-refractivity contribution in [3.63, 3.8) is 0 Å². The summed E-state index contributed by atoms with van der Waals surface area (Å²) in [5, 5.41) is 0. The summed E-state index contributed by atoms with van der Waals surface area (Å²) in [6.07, 6.45) is 34.0. The molecule has 0 unspecified atom stereocenters. The Balaban J connectivity index is 1.15. The molecule has 4 aliphatic rings. The molecule has 2 heteroatoms. The van der Waals surface area contributed by atoms with E-state index in [4.69, 9.17) is 4.74 Å². The van der Waals surface area contributed by atoms with Gasteiger partial charge in [-0.05, 0) is 104 Å². The number of ether oxygens (including phenoxy) is 1. The topological polar surface area (TPSA) is 26.3 Å². The summed E-state index contributed by atoms with van der Waals surface area (Å²) in [4.78, 5) is 12.8. The first kappa shape index (κ1) is 38.0. The molecule has 3 saturated carbocycles. The van der Waals surface area contributed by atoms with E-state index in [1.165, 1.54) is 128 Å². The molecule has 3 fully saturated rings. The summed E-state index contributed by atoms with van der Waals surface area (Å²) >= 11 is 0. The average molecular weight is 639 g/mol. The van der Waals surface area contributed by atoms with Crippen LogP contribution in [-0.4, -0.2) is 12.1 Å². The number of hydrogen-bond acceptors (Lipinski definition) is 2. The highest BCUT2D eigenvalue weighted by Gasteiger charge is 2.59. The molecule has 266 valence electrons. The van der Waals surface area contributed by atoms with Crippen LogP contribution in [-0.2, 0) is 9.53 Å². The van der Waals surface area contributed by atoms with E-state index < -0.39 is 0 Å². The van der Waals surface area contributed by atoms with Gasteiger partial charge in [-0.2, -0.15) is 0 Å². The molecule has 0 bridgehead atoms. The van der Waals surface area contributed by atoms with Crippen molar-refractivity contribution in [2.75, 3.05) is 0 Å². The number of carbonyl (C=O) groups is 1. The second kappa shape index (κ2) is 18.3. The molecule has 0 aromatic carbocycles. The normalized spacial score (nSPS) is 33.6. The molecular weight excluding hydrogens is 560 g/mol. The lowest BCUT2D eigenvalue weighted by Gasteiger charge is -2.58. The third kappa shape index (κ3) is 9.67. The first-order chi connectivity index (χ1) is 22.1. The zero-order chi connectivity index (χ0) is 33.2. The average Bonchev–Trinajstić information content (AvgIpc) is 3.39. The van der Waals surface area contributed by atoms with Crippen LogP contribution < -0.4 is 0 Å². The number of allylic oxidation sites excluding steroid dienone is 1. The Labute approximate surface area is 287 Å². The molecule has 0 N–H and O–H groups in total. The lowest BCUT2D eigenvalue weighted by molar-refractivity contribution is -0.151. The van der Waals surface area contributed by atoms with E-state index in [0.29, 0.717) is 17.3 Å². The van der Waals surface area contributed by atoms with Gasteiger partial charge in [-0.1, -0.05) is 150 Å². The molecule has 0 radical (unpaired) electrons. The molecule has 0 amide bonds. The van der Waals surface area contributed by atoms with Crippen molar-refractivity contribution in [3.8, 4) is 0 Å². The van der Waals surface area contributed by atoms with Gasteiger partial charge in [-0.15, -0.1) is 0 Å². The van der Waals surface area contributed by atoms with Crippen LogP contribution in [0.5, 0.6) is 0 Å². The first-order valence-corrected chi connectivity index (χ1v) is 21.0. The third-order valence-electron chi connectivity index (χ3n) is 14.8. The summed E-state index contributed by atoms with van der Waals surface area (Å²) in [7, 11) is 0. The predicted octanol–water partition coefficient (Wildman–Crippen LogP) is 13.7. The van der Waals surface area contributed by atoms with Gasteiger partial charge in [0.2, 0.25) is 0 Å². The summed E-state index contributed by atoms with van der Waals surface area (Å²) in [5.74, 6) is 6.11. The van der Waals surface area contributed by atoms with Gasteiger partial charge >= 0.3 is 5.97 Å². The van der Waals surface area contributed by atoms with E-state index in [-0.39, 0.29) is 12.1 Å². The number of rotatable bonds is 20. The second-order valence-electron chi connectivity index (χ2n) is 18.1. The van der Waals surface area contributed by atoms with Crippen molar-refractivity contribution in [3.05, 3.63) is 11.6 Å². The van der Waals surface area contributed by atoms with Crippen molar-refractivity contribution >= 4 is 5.97 Å². The monoisotopic (exact) mass is 639 g/mol. The van der Waals surface area contributed by atoms with Crippen LogP contribution in [0.1, 0.15) is 203 Å². The molecule has 46 heavy (non-hydrogen) atoms. The van der Waals surface area contributed by atoms with Crippen molar-refractivity contribution in [1.82, 2.24) is 0 Å². The summed E-state index contributed by atoms with van der Waals surface area (Å²) in [5.41, 5.74) is 2.52. The Morgan fingerprint density at radius 1 is 0.783 bits per heavy atom. The Hall–Kier alpha value is -0.790. The van der Waals surface area contributed by atoms with E-state index in [2.05, 4.69) is 54.5 Å². The second-order valence-corrected chi connectivity index (χ2v) is 18.1. The van der Waals surface area contributed by atoms with Crippen molar-refractivity contribution in [2.45, 2.75) is 209 Å². The fourth-order valence-corrected chi connectivity index (χ4v) is 11.3. The Kier molecular flexibility index (Phi) is 15.1. The molecule has 0 aromatic heterocycles. The molecule has 0 saturated heterocycles.